The third-order valence-electron chi connectivity index (χ3n) is 5.39. The van der Waals surface area contributed by atoms with Crippen LogP contribution in [0.25, 0.3) is 0 Å². The molecule has 11 heteroatoms. The molecule has 1 unspecified atom stereocenters. The Morgan fingerprint density at radius 1 is 1.21 bits per heavy atom. The molecule has 0 spiro atoms. The van der Waals surface area contributed by atoms with Crippen LogP contribution < -0.4 is 10.6 Å². The predicted octanol–water partition coefficient (Wildman–Crippen LogP) is 1.83. The highest BCUT2D eigenvalue weighted by Crippen LogP contribution is 2.28. The fourth-order valence-electron chi connectivity index (χ4n) is 3.58. The maximum absolute atomic E-state index is 12.7. The van der Waals surface area contributed by atoms with Gasteiger partial charge in [0.2, 0.25) is 0 Å². The molecule has 1 atom stereocenters. The number of hydrogen-bond donors (Lipinski definition) is 2. The van der Waals surface area contributed by atoms with Gasteiger partial charge in [0.15, 0.2) is 5.96 Å². The third kappa shape index (κ3) is 6.48. The van der Waals surface area contributed by atoms with E-state index in [1.54, 1.807) is 7.05 Å². The lowest BCUT2D eigenvalue weighted by atomic mass is 9.93. The standard InChI is InChI=1S/C17H34F3N5O2S/c1-6-13(7-2)15(24(4)5)12-22-16(21-3)23-14-8-10-25(11-9-14)28(26,27)17(18,19)20/h13-15H,6-12H2,1-5H3,(H2,21,22,23). The Bertz CT molecular complexity index is 598. The van der Waals surface area contributed by atoms with Crippen LogP contribution in [0.4, 0.5) is 13.2 Å². The molecule has 0 aromatic rings. The van der Waals surface area contributed by atoms with E-state index in [1.165, 1.54) is 0 Å². The molecule has 7 nitrogen and oxygen atoms in total. The number of likely N-dealkylation sites (N-methyl/N-ethyl adjacent to an activating group) is 1. The molecular formula is C17H34F3N5O2S. The van der Waals surface area contributed by atoms with Crippen LogP contribution in [0.2, 0.25) is 0 Å². The number of nitrogens with zero attached hydrogens (tertiary/aromatic N) is 3. The first-order valence-electron chi connectivity index (χ1n) is 9.67. The highest BCUT2D eigenvalue weighted by atomic mass is 32.2. The molecule has 1 rings (SSSR count). The highest BCUT2D eigenvalue weighted by Gasteiger charge is 2.50. The zero-order valence-electron chi connectivity index (χ0n) is 17.4. The minimum absolute atomic E-state index is 0.128. The fraction of sp³-hybridized carbons (Fsp3) is 0.941. The lowest BCUT2D eigenvalue weighted by Crippen LogP contribution is -2.53. The zero-order valence-corrected chi connectivity index (χ0v) is 18.2. The Labute approximate surface area is 166 Å². The van der Waals surface area contributed by atoms with Gasteiger partial charge in [-0.1, -0.05) is 26.7 Å². The molecule has 0 aromatic heterocycles. The van der Waals surface area contributed by atoms with Crippen molar-refractivity contribution in [1.29, 1.82) is 0 Å². The summed E-state index contributed by atoms with van der Waals surface area (Å²) in [5.41, 5.74) is -5.25. The van der Waals surface area contributed by atoms with Gasteiger partial charge < -0.3 is 15.5 Å². The second-order valence-electron chi connectivity index (χ2n) is 7.33. The van der Waals surface area contributed by atoms with E-state index in [0.29, 0.717) is 41.6 Å². The third-order valence-corrected chi connectivity index (χ3v) is 7.02. The lowest BCUT2D eigenvalue weighted by molar-refractivity contribution is -0.0494. The number of alkyl halides is 3. The number of sulfonamides is 1. The summed E-state index contributed by atoms with van der Waals surface area (Å²) in [6.45, 7) is 4.70. The van der Waals surface area contributed by atoms with E-state index in [4.69, 9.17) is 0 Å². The number of guanidine groups is 1. The summed E-state index contributed by atoms with van der Waals surface area (Å²) in [5.74, 6) is 1.12. The van der Waals surface area contributed by atoms with Crippen LogP contribution in [-0.2, 0) is 10.0 Å². The molecule has 1 saturated heterocycles. The molecule has 0 saturated carbocycles. The Balaban J connectivity index is 2.59. The normalized spacial score (nSPS) is 19.3. The molecule has 1 fully saturated rings. The monoisotopic (exact) mass is 429 g/mol. The first-order chi connectivity index (χ1) is 13.0. The van der Waals surface area contributed by atoms with Crippen LogP contribution in [0.15, 0.2) is 4.99 Å². The van der Waals surface area contributed by atoms with Crippen LogP contribution in [0.1, 0.15) is 39.5 Å². The largest absolute Gasteiger partial charge is 0.511 e. The Hall–Kier alpha value is -1.07. The second kappa shape index (κ2) is 10.6. The number of nitrogens with one attached hydrogen (secondary N) is 2. The molecule has 0 aromatic carbocycles. The lowest BCUT2D eigenvalue weighted by Gasteiger charge is -2.34. The van der Waals surface area contributed by atoms with Gasteiger partial charge in [-0.05, 0) is 32.9 Å². The van der Waals surface area contributed by atoms with Gasteiger partial charge in [0.05, 0.1) is 0 Å². The molecule has 1 aliphatic rings. The molecule has 0 amide bonds. The van der Waals surface area contributed by atoms with E-state index in [9.17, 15) is 21.6 Å². The van der Waals surface area contributed by atoms with Gasteiger partial charge >= 0.3 is 15.5 Å². The van der Waals surface area contributed by atoms with Crippen LogP contribution >= 0.6 is 0 Å². The van der Waals surface area contributed by atoms with E-state index in [-0.39, 0.29) is 19.1 Å². The van der Waals surface area contributed by atoms with E-state index in [0.717, 1.165) is 12.8 Å². The Morgan fingerprint density at radius 3 is 2.14 bits per heavy atom. The number of halogens is 3. The number of hydrogen-bond acceptors (Lipinski definition) is 4. The zero-order chi connectivity index (χ0) is 21.5. The summed E-state index contributed by atoms with van der Waals surface area (Å²) < 4.78 is 61.5. The van der Waals surface area contributed by atoms with Gasteiger partial charge in [0.1, 0.15) is 0 Å². The fourth-order valence-corrected chi connectivity index (χ4v) is 4.56. The van der Waals surface area contributed by atoms with Gasteiger partial charge in [-0.15, -0.1) is 0 Å². The highest BCUT2D eigenvalue weighted by molar-refractivity contribution is 7.90. The van der Waals surface area contributed by atoms with Gasteiger partial charge in [0.25, 0.3) is 0 Å². The molecule has 0 radical (unpaired) electrons. The maximum Gasteiger partial charge on any atom is 0.511 e. The molecular weight excluding hydrogens is 395 g/mol. The predicted molar refractivity (Wildman–Crippen MR) is 106 cm³/mol. The minimum Gasteiger partial charge on any atom is -0.355 e. The van der Waals surface area contributed by atoms with Gasteiger partial charge in [-0.3, -0.25) is 4.99 Å². The number of aliphatic imine (C=N–C) groups is 1. The molecule has 28 heavy (non-hydrogen) atoms. The summed E-state index contributed by atoms with van der Waals surface area (Å²) in [7, 11) is 0.469. The van der Waals surface area contributed by atoms with Crippen molar-refractivity contribution in [3.05, 3.63) is 0 Å². The topological polar surface area (TPSA) is 77.0 Å². The molecule has 1 aliphatic heterocycles. The van der Waals surface area contributed by atoms with Crippen molar-refractivity contribution in [2.75, 3.05) is 40.8 Å². The van der Waals surface area contributed by atoms with Crippen molar-refractivity contribution in [2.45, 2.75) is 57.1 Å². The SMILES string of the molecule is CCC(CC)C(CNC(=NC)NC1CCN(S(=O)(=O)C(F)(F)F)CC1)N(C)C. The van der Waals surface area contributed by atoms with E-state index in [2.05, 4.69) is 34.4 Å². The quantitative estimate of drug-likeness (QED) is 0.455. The summed E-state index contributed by atoms with van der Waals surface area (Å²) in [5, 5.41) is 6.50. The average molecular weight is 430 g/mol. The molecule has 0 bridgehead atoms. The van der Waals surface area contributed by atoms with Crippen molar-refractivity contribution in [1.82, 2.24) is 19.8 Å². The summed E-state index contributed by atoms with van der Waals surface area (Å²) in [6, 6.07) is 0.198. The Kier molecular flexibility index (Phi) is 9.48. The van der Waals surface area contributed by atoms with Gasteiger partial charge in [0, 0.05) is 38.8 Å². The van der Waals surface area contributed by atoms with Crippen molar-refractivity contribution in [3.63, 3.8) is 0 Å². The summed E-state index contributed by atoms with van der Waals surface area (Å²) in [4.78, 5) is 6.37. The number of rotatable bonds is 8. The molecule has 0 aliphatic carbocycles. The van der Waals surface area contributed by atoms with Crippen LogP contribution in [-0.4, -0.2) is 82.0 Å². The molecule has 166 valence electrons. The average Bonchev–Trinajstić information content (AvgIpc) is 2.63. The van der Waals surface area contributed by atoms with Crippen molar-refractivity contribution >= 4 is 16.0 Å². The van der Waals surface area contributed by atoms with E-state index >= 15 is 0 Å². The molecule has 1 heterocycles. The Morgan fingerprint density at radius 2 is 1.75 bits per heavy atom. The van der Waals surface area contributed by atoms with Crippen LogP contribution in [0.3, 0.4) is 0 Å². The van der Waals surface area contributed by atoms with Gasteiger partial charge in [-0.2, -0.15) is 17.5 Å². The summed E-state index contributed by atoms with van der Waals surface area (Å²) in [6.07, 6.45) is 2.72. The van der Waals surface area contributed by atoms with E-state index < -0.39 is 15.5 Å². The maximum atomic E-state index is 12.7. The first-order valence-corrected chi connectivity index (χ1v) is 11.1. The van der Waals surface area contributed by atoms with Crippen LogP contribution in [0, 0.1) is 5.92 Å². The van der Waals surface area contributed by atoms with Crippen molar-refractivity contribution < 1.29 is 21.6 Å². The van der Waals surface area contributed by atoms with Crippen molar-refractivity contribution in [3.8, 4) is 0 Å². The van der Waals surface area contributed by atoms with Crippen LogP contribution in [0.5, 0.6) is 0 Å². The van der Waals surface area contributed by atoms with Crippen molar-refractivity contribution in [2.24, 2.45) is 10.9 Å². The van der Waals surface area contributed by atoms with Gasteiger partial charge in [-0.25, -0.2) is 8.42 Å². The first kappa shape index (κ1) is 25.0. The van der Waals surface area contributed by atoms with E-state index in [1.807, 2.05) is 14.1 Å². The second-order valence-corrected chi connectivity index (χ2v) is 9.26. The number of piperidine rings is 1. The minimum atomic E-state index is -5.25. The summed E-state index contributed by atoms with van der Waals surface area (Å²) >= 11 is 0. The smallest absolute Gasteiger partial charge is 0.355 e. The molecule has 2 N–H and O–H groups in total.